The number of rotatable bonds is 3. The molecule has 16 heavy (non-hydrogen) atoms. The van der Waals surface area contributed by atoms with Crippen LogP contribution in [0.15, 0.2) is 30.3 Å². The van der Waals surface area contributed by atoms with Crippen LogP contribution in [0.25, 0.3) is 0 Å². The summed E-state index contributed by atoms with van der Waals surface area (Å²) in [6, 6.07) is 11.2. The Kier molecular flexibility index (Phi) is 2.94. The predicted octanol–water partition coefficient (Wildman–Crippen LogP) is 2.49. The van der Waals surface area contributed by atoms with Crippen LogP contribution in [-0.2, 0) is 11.3 Å². The lowest BCUT2D eigenvalue weighted by Gasteiger charge is -2.15. The number of hydrogen-bond acceptors (Lipinski definition) is 2. The third kappa shape index (κ3) is 2.28. The highest BCUT2D eigenvalue weighted by molar-refractivity contribution is 5.14. The molecule has 2 aliphatic rings. The molecule has 0 radical (unpaired) electrons. The van der Waals surface area contributed by atoms with Gasteiger partial charge in [0.25, 0.3) is 0 Å². The Labute approximate surface area is 97.0 Å². The summed E-state index contributed by atoms with van der Waals surface area (Å²) in [6.07, 6.45) is 6.30. The smallest absolute Gasteiger partial charge is 0.0994 e. The molecule has 2 fully saturated rings. The normalized spacial score (nSPS) is 32.9. The summed E-state index contributed by atoms with van der Waals surface area (Å²) in [6.45, 7) is 0.970. The van der Waals surface area contributed by atoms with Crippen LogP contribution >= 0.6 is 0 Å². The molecule has 0 unspecified atom stereocenters. The Morgan fingerprint density at radius 1 is 1.12 bits per heavy atom. The van der Waals surface area contributed by atoms with Gasteiger partial charge in [0.2, 0.25) is 0 Å². The average Bonchev–Trinajstić information content (AvgIpc) is 3.08. The Hall–Kier alpha value is -0.860. The van der Waals surface area contributed by atoms with Gasteiger partial charge in [-0.3, -0.25) is 0 Å². The van der Waals surface area contributed by atoms with Gasteiger partial charge in [0.15, 0.2) is 0 Å². The summed E-state index contributed by atoms with van der Waals surface area (Å²) in [5, 5.41) is 3.64. The largest absolute Gasteiger partial charge is 0.368 e. The quantitative estimate of drug-likeness (QED) is 0.787. The van der Waals surface area contributed by atoms with E-state index in [9.17, 15) is 0 Å². The van der Waals surface area contributed by atoms with E-state index in [1.807, 2.05) is 0 Å². The second-order valence-corrected chi connectivity index (χ2v) is 4.90. The standard InChI is InChI=1S/C14H19NO/c1-2-6-11(7-3-1)10-15-12-8-4-5-9-13-14(12)16-13/h1-3,6-7,12-15H,4-5,8-10H2/t12-,13+,14-/m1/s1. The van der Waals surface area contributed by atoms with Crippen LogP contribution in [0.4, 0.5) is 0 Å². The van der Waals surface area contributed by atoms with E-state index in [0.29, 0.717) is 18.2 Å². The molecular formula is C14H19NO. The molecule has 86 valence electrons. The maximum atomic E-state index is 5.70. The molecule has 1 heterocycles. The number of benzene rings is 1. The second-order valence-electron chi connectivity index (χ2n) is 4.90. The monoisotopic (exact) mass is 217 g/mol. The molecule has 1 saturated heterocycles. The third-order valence-corrected chi connectivity index (χ3v) is 3.68. The van der Waals surface area contributed by atoms with Gasteiger partial charge in [-0.1, -0.05) is 43.2 Å². The van der Waals surface area contributed by atoms with E-state index >= 15 is 0 Å². The van der Waals surface area contributed by atoms with Gasteiger partial charge in [-0.2, -0.15) is 0 Å². The lowest BCUT2D eigenvalue weighted by atomic mass is 10.1. The van der Waals surface area contributed by atoms with E-state index < -0.39 is 0 Å². The summed E-state index contributed by atoms with van der Waals surface area (Å²) in [5.41, 5.74) is 1.36. The first kappa shape index (κ1) is 10.3. The van der Waals surface area contributed by atoms with E-state index in [-0.39, 0.29) is 0 Å². The molecule has 1 aromatic rings. The van der Waals surface area contributed by atoms with E-state index in [0.717, 1.165) is 6.54 Å². The molecule has 3 atom stereocenters. The third-order valence-electron chi connectivity index (χ3n) is 3.68. The zero-order valence-electron chi connectivity index (χ0n) is 9.56. The van der Waals surface area contributed by atoms with Crippen molar-refractivity contribution in [2.45, 2.75) is 50.5 Å². The average molecular weight is 217 g/mol. The second kappa shape index (κ2) is 4.56. The molecule has 2 nitrogen and oxygen atoms in total. The Morgan fingerprint density at radius 3 is 2.81 bits per heavy atom. The van der Waals surface area contributed by atoms with Crippen molar-refractivity contribution in [2.75, 3.05) is 0 Å². The van der Waals surface area contributed by atoms with E-state index in [4.69, 9.17) is 4.74 Å². The Bertz CT molecular complexity index is 338. The first-order valence-electron chi connectivity index (χ1n) is 6.36. The van der Waals surface area contributed by atoms with Crippen molar-refractivity contribution in [1.82, 2.24) is 5.32 Å². The minimum absolute atomic E-state index is 0.506. The molecule has 2 heteroatoms. The van der Waals surface area contributed by atoms with Crippen molar-refractivity contribution in [3.05, 3.63) is 35.9 Å². The van der Waals surface area contributed by atoms with Crippen LogP contribution in [0.3, 0.4) is 0 Å². The summed E-state index contributed by atoms with van der Waals surface area (Å²) in [7, 11) is 0. The topological polar surface area (TPSA) is 24.6 Å². The molecule has 1 aliphatic carbocycles. The minimum Gasteiger partial charge on any atom is -0.368 e. The highest BCUT2D eigenvalue weighted by Gasteiger charge is 2.45. The SMILES string of the molecule is c1ccc(CN[C@@H]2CCCC[C@@H]3O[C@@H]32)cc1. The van der Waals surface area contributed by atoms with Gasteiger partial charge < -0.3 is 10.1 Å². The van der Waals surface area contributed by atoms with Crippen LogP contribution in [0, 0.1) is 0 Å². The van der Waals surface area contributed by atoms with Gasteiger partial charge in [-0.05, 0) is 18.4 Å². The first-order valence-corrected chi connectivity index (χ1v) is 6.36. The van der Waals surface area contributed by atoms with Crippen molar-refractivity contribution >= 4 is 0 Å². The maximum absolute atomic E-state index is 5.70. The predicted molar refractivity (Wildman–Crippen MR) is 64.2 cm³/mol. The van der Waals surface area contributed by atoms with Crippen LogP contribution in [0.1, 0.15) is 31.2 Å². The molecular weight excluding hydrogens is 198 g/mol. The Morgan fingerprint density at radius 2 is 1.94 bits per heavy atom. The van der Waals surface area contributed by atoms with Gasteiger partial charge in [0.05, 0.1) is 12.2 Å². The molecule has 0 aromatic heterocycles. The van der Waals surface area contributed by atoms with Gasteiger partial charge in [-0.25, -0.2) is 0 Å². The van der Waals surface area contributed by atoms with E-state index in [2.05, 4.69) is 35.6 Å². The van der Waals surface area contributed by atoms with Crippen molar-refractivity contribution < 1.29 is 4.74 Å². The van der Waals surface area contributed by atoms with Crippen LogP contribution in [-0.4, -0.2) is 18.2 Å². The van der Waals surface area contributed by atoms with Crippen molar-refractivity contribution in [3.8, 4) is 0 Å². The fourth-order valence-corrected chi connectivity index (χ4v) is 2.68. The fourth-order valence-electron chi connectivity index (χ4n) is 2.68. The zero-order chi connectivity index (χ0) is 10.8. The first-order chi connectivity index (χ1) is 7.93. The lowest BCUT2D eigenvalue weighted by Crippen LogP contribution is -2.33. The van der Waals surface area contributed by atoms with Gasteiger partial charge in [0, 0.05) is 12.6 Å². The van der Waals surface area contributed by atoms with Crippen LogP contribution in [0.2, 0.25) is 0 Å². The molecule has 3 rings (SSSR count). The van der Waals surface area contributed by atoms with Crippen molar-refractivity contribution in [3.63, 3.8) is 0 Å². The molecule has 0 amide bonds. The fraction of sp³-hybridized carbons (Fsp3) is 0.571. The molecule has 1 aromatic carbocycles. The molecule has 0 bridgehead atoms. The van der Waals surface area contributed by atoms with Crippen LogP contribution < -0.4 is 5.32 Å². The minimum atomic E-state index is 0.506. The van der Waals surface area contributed by atoms with Crippen molar-refractivity contribution in [2.24, 2.45) is 0 Å². The summed E-state index contributed by atoms with van der Waals surface area (Å²) >= 11 is 0. The lowest BCUT2D eigenvalue weighted by molar-refractivity contribution is 0.294. The number of hydrogen-bond donors (Lipinski definition) is 1. The summed E-state index contributed by atoms with van der Waals surface area (Å²) < 4.78 is 5.70. The summed E-state index contributed by atoms with van der Waals surface area (Å²) in [5.74, 6) is 0. The maximum Gasteiger partial charge on any atom is 0.0994 e. The van der Waals surface area contributed by atoms with Gasteiger partial charge in [-0.15, -0.1) is 0 Å². The number of fused-ring (bicyclic) bond motifs is 1. The van der Waals surface area contributed by atoms with E-state index in [1.165, 1.54) is 31.2 Å². The van der Waals surface area contributed by atoms with Gasteiger partial charge in [0.1, 0.15) is 0 Å². The number of nitrogens with one attached hydrogen (secondary N) is 1. The van der Waals surface area contributed by atoms with Gasteiger partial charge >= 0.3 is 0 Å². The summed E-state index contributed by atoms with van der Waals surface area (Å²) in [4.78, 5) is 0. The number of ether oxygens (including phenoxy) is 1. The molecule has 1 saturated carbocycles. The highest BCUT2D eigenvalue weighted by atomic mass is 16.6. The molecule has 1 aliphatic heterocycles. The molecule has 1 N–H and O–H groups in total. The number of epoxide rings is 1. The van der Waals surface area contributed by atoms with Crippen molar-refractivity contribution in [1.29, 1.82) is 0 Å². The zero-order valence-corrected chi connectivity index (χ0v) is 9.56. The molecule has 0 spiro atoms. The highest BCUT2D eigenvalue weighted by Crippen LogP contribution is 2.35. The Balaban J connectivity index is 1.54. The van der Waals surface area contributed by atoms with E-state index in [1.54, 1.807) is 0 Å². The van der Waals surface area contributed by atoms with Crippen LogP contribution in [0.5, 0.6) is 0 Å².